The van der Waals surface area contributed by atoms with Gasteiger partial charge in [-0.2, -0.15) is 9.97 Å². The summed E-state index contributed by atoms with van der Waals surface area (Å²) in [5.41, 5.74) is 7.46. The number of hydrogen-bond donors (Lipinski definition) is 1. The minimum absolute atomic E-state index is 0.00419. The third-order valence-corrected chi connectivity index (χ3v) is 16.3. The Morgan fingerprint density at radius 2 is 1.69 bits per heavy atom. The third kappa shape index (κ3) is 6.75. The molecule has 0 aliphatic carbocycles. The molecule has 0 saturated carbocycles. The van der Waals surface area contributed by atoms with E-state index >= 15 is 8.78 Å². The van der Waals surface area contributed by atoms with Gasteiger partial charge in [-0.15, -0.1) is 5.54 Å². The zero-order chi connectivity index (χ0) is 34.7. The van der Waals surface area contributed by atoms with Crippen molar-refractivity contribution in [2.75, 3.05) is 18.1 Å². The van der Waals surface area contributed by atoms with Crippen LogP contribution in [0.1, 0.15) is 58.2 Å². The quantitative estimate of drug-likeness (QED) is 0.0688. The van der Waals surface area contributed by atoms with Gasteiger partial charge in [0, 0.05) is 34.9 Å². The molecular weight excluding hydrogens is 639 g/mol. The van der Waals surface area contributed by atoms with Crippen LogP contribution in [0, 0.1) is 23.1 Å². The molecule has 0 bridgehead atoms. The van der Waals surface area contributed by atoms with Gasteiger partial charge in [-0.25, -0.2) is 13.8 Å². The highest BCUT2D eigenvalue weighted by molar-refractivity contribution is 7.90. The normalized spacial score (nSPS) is 12.5. The first-order valence-corrected chi connectivity index (χ1v) is 20.1. The van der Waals surface area contributed by atoms with Gasteiger partial charge in [0.15, 0.2) is 5.82 Å². The molecule has 0 aliphatic rings. The number of halogens is 2. The Hall–Kier alpha value is -4.10. The van der Waals surface area contributed by atoms with Crippen LogP contribution in [0.2, 0.25) is 16.6 Å². The first kappa shape index (κ1) is 35.2. The first-order valence-electron chi connectivity index (χ1n) is 16.3. The number of pyridine rings is 1. The summed E-state index contributed by atoms with van der Waals surface area (Å²) in [5.74, 6) is 2.52. The van der Waals surface area contributed by atoms with E-state index in [1.54, 1.807) is 24.3 Å². The Labute approximate surface area is 286 Å². The lowest BCUT2D eigenvalue weighted by molar-refractivity contribution is 0.591. The van der Waals surface area contributed by atoms with Gasteiger partial charge in [-0.1, -0.05) is 109 Å². The average molecular weight is 681 g/mol. The average Bonchev–Trinajstić information content (AvgIpc) is 3.06. The molecule has 1 unspecified atom stereocenters. The highest BCUT2D eigenvalue weighted by Crippen LogP contribution is 2.42. The van der Waals surface area contributed by atoms with Crippen LogP contribution in [0.3, 0.4) is 0 Å². The zero-order valence-electron chi connectivity index (χ0n) is 28.6. The fourth-order valence-electron chi connectivity index (χ4n) is 6.97. The van der Waals surface area contributed by atoms with Crippen molar-refractivity contribution in [3.8, 4) is 22.7 Å². The van der Waals surface area contributed by atoms with Crippen LogP contribution >= 0.6 is 0 Å². The van der Waals surface area contributed by atoms with E-state index in [9.17, 15) is 4.55 Å². The van der Waals surface area contributed by atoms with Crippen LogP contribution < -0.4 is 5.32 Å². The van der Waals surface area contributed by atoms with Gasteiger partial charge in [0.05, 0.1) is 10.9 Å². The molecule has 5 nitrogen and oxygen atoms in total. The number of aromatic nitrogens is 3. The second-order valence-corrected chi connectivity index (χ2v) is 19.9. The van der Waals surface area contributed by atoms with Gasteiger partial charge >= 0.3 is 5.16 Å². The zero-order valence-corrected chi connectivity index (χ0v) is 30.4. The predicted molar refractivity (Wildman–Crippen MR) is 199 cm³/mol. The van der Waals surface area contributed by atoms with E-state index < -0.39 is 30.9 Å². The van der Waals surface area contributed by atoms with Gasteiger partial charge in [-0.3, -0.25) is 0 Å². The minimum atomic E-state index is -2.22. The Kier molecular flexibility index (Phi) is 10.7. The summed E-state index contributed by atoms with van der Waals surface area (Å²) >= 11 is -1.54. The van der Waals surface area contributed by atoms with Gasteiger partial charge in [0.2, 0.25) is 0 Å². The van der Waals surface area contributed by atoms with Crippen molar-refractivity contribution in [2.45, 2.75) is 69.7 Å². The number of hydrogen-bond acceptors (Lipinski definition) is 5. The van der Waals surface area contributed by atoms with Crippen LogP contribution in [0.15, 0.2) is 72.5 Å². The van der Waals surface area contributed by atoms with Crippen molar-refractivity contribution in [3.05, 3.63) is 95.7 Å². The fraction of sp³-hybridized carbons (Fsp3) is 0.308. The topological polar surface area (TPSA) is 73.8 Å². The fourth-order valence-corrected chi connectivity index (χ4v) is 12.6. The van der Waals surface area contributed by atoms with Gasteiger partial charge < -0.3 is 9.87 Å². The van der Waals surface area contributed by atoms with Crippen LogP contribution in [-0.4, -0.2) is 40.4 Å². The van der Waals surface area contributed by atoms with Crippen molar-refractivity contribution in [1.29, 1.82) is 0 Å². The molecule has 5 rings (SSSR count). The highest BCUT2D eigenvalue weighted by Gasteiger charge is 2.41. The Morgan fingerprint density at radius 1 is 0.979 bits per heavy atom. The Balaban J connectivity index is 1.72. The monoisotopic (exact) mass is 680 g/mol. The van der Waals surface area contributed by atoms with E-state index in [0.717, 1.165) is 16.5 Å². The smallest absolute Gasteiger partial charge is 0.343 e. The molecule has 1 N–H and O–H groups in total. The lowest BCUT2D eigenvalue weighted by atomic mass is 9.96. The number of fused-ring (bicyclic) bond motifs is 2. The summed E-state index contributed by atoms with van der Waals surface area (Å²) in [6.45, 7) is 17.6. The number of nitrogens with zero attached hydrogens (tertiary/aromatic N) is 3. The number of nitrogens with one attached hydrogen (secondary N) is 1. The predicted octanol–water partition coefficient (Wildman–Crippen LogP) is 9.73. The molecule has 0 amide bonds. The molecule has 48 heavy (non-hydrogen) atoms. The van der Waals surface area contributed by atoms with E-state index in [1.807, 2.05) is 24.3 Å². The summed E-state index contributed by atoms with van der Waals surface area (Å²) in [5, 5.41) is 4.95. The maximum absolute atomic E-state index is 16.7. The summed E-state index contributed by atoms with van der Waals surface area (Å²) in [4.78, 5) is 13.4. The molecule has 0 fully saturated rings. The van der Waals surface area contributed by atoms with Gasteiger partial charge in [0.25, 0.3) is 0 Å². The molecule has 3 aromatic carbocycles. The van der Waals surface area contributed by atoms with Crippen LogP contribution in [0.25, 0.3) is 39.0 Å². The second kappa shape index (κ2) is 14.6. The molecule has 5 aromatic rings. The van der Waals surface area contributed by atoms with Crippen molar-refractivity contribution in [1.82, 2.24) is 15.0 Å². The molecular formula is C39H42F2N4OSSi. The van der Waals surface area contributed by atoms with Crippen LogP contribution in [0.4, 0.5) is 14.6 Å². The molecule has 0 saturated heterocycles. The van der Waals surface area contributed by atoms with E-state index in [2.05, 4.69) is 80.9 Å². The summed E-state index contributed by atoms with van der Waals surface area (Å²) < 4.78 is 44.9. The third-order valence-electron chi connectivity index (χ3n) is 9.33. The summed E-state index contributed by atoms with van der Waals surface area (Å²) in [6.07, 6.45) is 5.37. The second-order valence-electron chi connectivity index (χ2n) is 13.1. The van der Waals surface area contributed by atoms with Gasteiger partial charge in [-0.05, 0) is 45.6 Å². The lowest BCUT2D eigenvalue weighted by Gasteiger charge is -2.38. The van der Waals surface area contributed by atoms with Gasteiger partial charge in [0.1, 0.15) is 37.2 Å². The molecule has 0 radical (unpaired) electrons. The summed E-state index contributed by atoms with van der Waals surface area (Å²) in [7, 11) is -2.22. The highest BCUT2D eigenvalue weighted by atomic mass is 32.2. The standard InChI is InChI=1S/C39H42F2N4OSSi/c1-9-27-12-10-13-28(22-27)18-20-42-38-32-23-43-39(47(8)46)45-37(32)35(41)36(44-38)31-15-11-14-29-16-17-33(40)30(34(29)31)19-21-48(24(2)3,25(4)5)26(6)7/h9-17,22-26H,1,18,20H2,2-8H3,(H,42,44). The van der Waals surface area contributed by atoms with Crippen molar-refractivity contribution < 1.29 is 13.3 Å². The molecule has 9 heteroatoms. The number of rotatable bonds is 10. The van der Waals surface area contributed by atoms with E-state index in [-0.39, 0.29) is 21.9 Å². The van der Waals surface area contributed by atoms with E-state index in [4.69, 9.17) is 4.98 Å². The number of anilines is 1. The van der Waals surface area contributed by atoms with Crippen molar-refractivity contribution in [3.63, 3.8) is 0 Å². The summed E-state index contributed by atoms with van der Waals surface area (Å²) in [6, 6.07) is 16.6. The molecule has 2 heterocycles. The minimum Gasteiger partial charge on any atom is -0.609 e. The Morgan fingerprint density at radius 3 is 2.35 bits per heavy atom. The molecule has 0 spiro atoms. The van der Waals surface area contributed by atoms with Crippen LogP contribution in [0.5, 0.6) is 0 Å². The van der Waals surface area contributed by atoms with Crippen molar-refractivity contribution in [2.24, 2.45) is 0 Å². The number of benzene rings is 3. The molecule has 0 aliphatic heterocycles. The molecule has 1 atom stereocenters. The lowest BCUT2D eigenvalue weighted by Crippen LogP contribution is -2.43. The largest absolute Gasteiger partial charge is 0.609 e. The molecule has 248 valence electrons. The first-order chi connectivity index (χ1) is 22.9. The maximum atomic E-state index is 16.7. The van der Waals surface area contributed by atoms with E-state index in [1.165, 1.54) is 18.5 Å². The Bertz CT molecular complexity index is 2030. The maximum Gasteiger partial charge on any atom is 0.343 e. The van der Waals surface area contributed by atoms with Crippen molar-refractivity contribution >= 4 is 52.8 Å². The van der Waals surface area contributed by atoms with Crippen LogP contribution in [-0.2, 0) is 17.6 Å². The SMILES string of the molecule is C=Cc1cccc(CCNc2nc(-c3cccc4ccc(F)c(C#C[Si](C(C)C)(C(C)C)C(C)C)c34)c(F)c3nc([S+](C)[O-])ncc23)c1. The van der Waals surface area contributed by atoms with E-state index in [0.29, 0.717) is 51.7 Å². The molecule has 2 aromatic heterocycles.